The Morgan fingerprint density at radius 1 is 1.21 bits per heavy atom. The van der Waals surface area contributed by atoms with Crippen molar-refractivity contribution >= 4 is 0 Å². The van der Waals surface area contributed by atoms with Gasteiger partial charge < -0.3 is 24.6 Å². The van der Waals surface area contributed by atoms with Gasteiger partial charge in [0.1, 0.15) is 0 Å². The molecule has 136 valence electrons. The maximum atomic E-state index is 9.51. The molecule has 24 heavy (non-hydrogen) atoms. The molecule has 5 nitrogen and oxygen atoms in total. The van der Waals surface area contributed by atoms with Gasteiger partial charge in [-0.2, -0.15) is 0 Å². The quantitative estimate of drug-likeness (QED) is 0.679. The van der Waals surface area contributed by atoms with E-state index in [9.17, 15) is 5.11 Å². The molecule has 0 unspecified atom stereocenters. The SMILES string of the molecule is COCCCOc1cc([C@@H]2N[C@H](CO)C[C@H]2C(C)C)ccc1OC. The molecule has 2 rings (SSSR count). The van der Waals surface area contributed by atoms with Crippen molar-refractivity contribution in [1.82, 2.24) is 5.32 Å². The summed E-state index contributed by atoms with van der Waals surface area (Å²) >= 11 is 0. The van der Waals surface area contributed by atoms with Crippen LogP contribution in [0.3, 0.4) is 0 Å². The summed E-state index contributed by atoms with van der Waals surface area (Å²) in [6, 6.07) is 6.52. The highest BCUT2D eigenvalue weighted by atomic mass is 16.5. The van der Waals surface area contributed by atoms with Gasteiger partial charge in [-0.1, -0.05) is 19.9 Å². The Morgan fingerprint density at radius 2 is 2.00 bits per heavy atom. The fourth-order valence-electron chi connectivity index (χ4n) is 3.42. The molecule has 1 heterocycles. The van der Waals surface area contributed by atoms with Gasteiger partial charge in [-0.15, -0.1) is 0 Å². The van der Waals surface area contributed by atoms with Crippen LogP contribution in [0.4, 0.5) is 0 Å². The van der Waals surface area contributed by atoms with Gasteiger partial charge in [-0.25, -0.2) is 0 Å². The van der Waals surface area contributed by atoms with Crippen molar-refractivity contribution < 1.29 is 19.3 Å². The van der Waals surface area contributed by atoms with Crippen LogP contribution < -0.4 is 14.8 Å². The predicted molar refractivity (Wildman–Crippen MR) is 94.7 cm³/mol. The molecule has 0 spiro atoms. The van der Waals surface area contributed by atoms with Gasteiger partial charge in [0.2, 0.25) is 0 Å². The second-order valence-electron chi connectivity index (χ2n) is 6.77. The lowest BCUT2D eigenvalue weighted by Crippen LogP contribution is -2.28. The molecular formula is C19H31NO4. The van der Waals surface area contributed by atoms with Crippen molar-refractivity contribution in [3.63, 3.8) is 0 Å². The summed E-state index contributed by atoms with van der Waals surface area (Å²) in [6.07, 6.45) is 1.83. The first-order valence-corrected chi connectivity index (χ1v) is 8.77. The second kappa shape index (κ2) is 9.25. The van der Waals surface area contributed by atoms with E-state index in [-0.39, 0.29) is 18.7 Å². The lowest BCUT2D eigenvalue weighted by atomic mass is 9.84. The monoisotopic (exact) mass is 337 g/mol. The van der Waals surface area contributed by atoms with Crippen LogP contribution in [0.25, 0.3) is 0 Å². The highest BCUT2D eigenvalue weighted by Gasteiger charge is 2.36. The molecule has 1 saturated heterocycles. The molecule has 0 bridgehead atoms. The van der Waals surface area contributed by atoms with E-state index < -0.39 is 0 Å². The normalized spacial score (nSPS) is 23.7. The van der Waals surface area contributed by atoms with Gasteiger partial charge in [0.25, 0.3) is 0 Å². The number of nitrogens with one attached hydrogen (secondary N) is 1. The molecular weight excluding hydrogens is 306 g/mol. The molecule has 5 heteroatoms. The minimum Gasteiger partial charge on any atom is -0.493 e. The summed E-state index contributed by atoms with van der Waals surface area (Å²) in [5, 5.41) is 13.1. The third-order valence-electron chi connectivity index (χ3n) is 4.77. The van der Waals surface area contributed by atoms with Crippen molar-refractivity contribution in [3.05, 3.63) is 23.8 Å². The van der Waals surface area contributed by atoms with Crippen LogP contribution in [0.1, 0.15) is 38.3 Å². The first kappa shape index (κ1) is 19.0. The largest absolute Gasteiger partial charge is 0.493 e. The number of aliphatic hydroxyl groups is 1. The number of methoxy groups -OCH3 is 2. The molecule has 0 radical (unpaired) electrons. The maximum absolute atomic E-state index is 9.51. The number of ether oxygens (including phenoxy) is 3. The molecule has 0 saturated carbocycles. The number of aliphatic hydroxyl groups excluding tert-OH is 1. The molecule has 0 amide bonds. The summed E-state index contributed by atoms with van der Waals surface area (Å²) in [5.41, 5.74) is 1.19. The van der Waals surface area contributed by atoms with Crippen LogP contribution in [0.2, 0.25) is 0 Å². The molecule has 1 aliphatic heterocycles. The molecule has 3 atom stereocenters. The Morgan fingerprint density at radius 3 is 2.62 bits per heavy atom. The molecule has 1 aromatic carbocycles. The zero-order valence-corrected chi connectivity index (χ0v) is 15.2. The first-order valence-electron chi connectivity index (χ1n) is 8.77. The van der Waals surface area contributed by atoms with Crippen LogP contribution >= 0.6 is 0 Å². The number of benzene rings is 1. The van der Waals surface area contributed by atoms with Crippen LogP contribution in [-0.2, 0) is 4.74 Å². The third-order valence-corrected chi connectivity index (χ3v) is 4.77. The predicted octanol–water partition coefficient (Wildman–Crippen LogP) is 2.78. The Balaban J connectivity index is 2.16. The summed E-state index contributed by atoms with van der Waals surface area (Å²) in [4.78, 5) is 0. The van der Waals surface area contributed by atoms with Crippen molar-refractivity contribution in [1.29, 1.82) is 0 Å². The maximum Gasteiger partial charge on any atom is 0.161 e. The van der Waals surface area contributed by atoms with E-state index in [4.69, 9.17) is 14.2 Å². The molecule has 0 aliphatic carbocycles. The summed E-state index contributed by atoms with van der Waals surface area (Å²) in [5.74, 6) is 2.56. The highest BCUT2D eigenvalue weighted by molar-refractivity contribution is 5.44. The van der Waals surface area contributed by atoms with E-state index >= 15 is 0 Å². The van der Waals surface area contributed by atoms with Crippen LogP contribution in [-0.4, -0.2) is 45.2 Å². The Kier molecular flexibility index (Phi) is 7.34. The Hall–Kier alpha value is -1.30. The molecule has 0 aromatic heterocycles. The smallest absolute Gasteiger partial charge is 0.161 e. The van der Waals surface area contributed by atoms with Crippen LogP contribution in [0.5, 0.6) is 11.5 Å². The number of rotatable bonds is 9. The van der Waals surface area contributed by atoms with Crippen LogP contribution in [0, 0.1) is 11.8 Å². The van der Waals surface area contributed by atoms with E-state index in [2.05, 4.69) is 31.3 Å². The fraction of sp³-hybridized carbons (Fsp3) is 0.684. The average molecular weight is 337 g/mol. The van der Waals surface area contributed by atoms with E-state index in [1.807, 2.05) is 6.07 Å². The van der Waals surface area contributed by atoms with E-state index in [1.165, 1.54) is 5.56 Å². The van der Waals surface area contributed by atoms with E-state index in [0.717, 1.165) is 24.3 Å². The summed E-state index contributed by atoms with van der Waals surface area (Å²) in [6.45, 7) is 5.93. The summed E-state index contributed by atoms with van der Waals surface area (Å²) in [7, 11) is 3.35. The minimum atomic E-state index is 0.163. The van der Waals surface area contributed by atoms with Crippen molar-refractivity contribution in [2.75, 3.05) is 34.0 Å². The second-order valence-corrected chi connectivity index (χ2v) is 6.77. The van der Waals surface area contributed by atoms with Gasteiger partial charge in [-0.3, -0.25) is 0 Å². The highest BCUT2D eigenvalue weighted by Crippen LogP contribution is 2.40. The third kappa shape index (κ3) is 4.62. The topological polar surface area (TPSA) is 60.0 Å². The van der Waals surface area contributed by atoms with E-state index in [0.29, 0.717) is 25.0 Å². The van der Waals surface area contributed by atoms with Gasteiger partial charge in [0, 0.05) is 32.2 Å². The van der Waals surface area contributed by atoms with Crippen molar-refractivity contribution in [2.45, 2.75) is 38.8 Å². The Bertz CT molecular complexity index is 506. The van der Waals surface area contributed by atoms with Gasteiger partial charge in [0.05, 0.1) is 20.3 Å². The average Bonchev–Trinajstić information content (AvgIpc) is 3.03. The number of hydrogen-bond acceptors (Lipinski definition) is 5. The zero-order chi connectivity index (χ0) is 17.5. The van der Waals surface area contributed by atoms with Crippen molar-refractivity contribution in [2.24, 2.45) is 11.8 Å². The van der Waals surface area contributed by atoms with E-state index in [1.54, 1.807) is 14.2 Å². The molecule has 1 fully saturated rings. The van der Waals surface area contributed by atoms with Crippen LogP contribution in [0.15, 0.2) is 18.2 Å². The van der Waals surface area contributed by atoms with Gasteiger partial charge in [0.15, 0.2) is 11.5 Å². The fourth-order valence-corrected chi connectivity index (χ4v) is 3.42. The first-order chi connectivity index (χ1) is 11.6. The molecule has 1 aromatic rings. The Labute approximate surface area is 145 Å². The lowest BCUT2D eigenvalue weighted by molar-refractivity contribution is 0.170. The molecule has 2 N–H and O–H groups in total. The number of hydrogen-bond donors (Lipinski definition) is 2. The van der Waals surface area contributed by atoms with Gasteiger partial charge >= 0.3 is 0 Å². The summed E-state index contributed by atoms with van der Waals surface area (Å²) < 4.78 is 16.4. The molecule has 1 aliphatic rings. The van der Waals surface area contributed by atoms with Crippen molar-refractivity contribution in [3.8, 4) is 11.5 Å². The van der Waals surface area contributed by atoms with Gasteiger partial charge in [-0.05, 0) is 36.0 Å². The standard InChI is InChI=1S/C19H31NO4/c1-13(2)16-11-15(12-21)20-19(16)14-6-7-17(23-4)18(10-14)24-9-5-8-22-3/h6-7,10,13,15-16,19-21H,5,8-9,11-12H2,1-4H3/t15-,16-,19-/m0/s1. The minimum absolute atomic E-state index is 0.163. The zero-order valence-electron chi connectivity index (χ0n) is 15.2. The lowest BCUT2D eigenvalue weighted by Gasteiger charge is -2.24.